The lowest BCUT2D eigenvalue weighted by Crippen LogP contribution is -2.39. The van der Waals surface area contributed by atoms with E-state index in [-0.39, 0.29) is 11.3 Å². The van der Waals surface area contributed by atoms with Gasteiger partial charge in [0.25, 0.3) is 0 Å². The van der Waals surface area contributed by atoms with Crippen LogP contribution in [0, 0.1) is 0 Å². The van der Waals surface area contributed by atoms with Crippen LogP contribution in [0.1, 0.15) is 26.6 Å². The second kappa shape index (κ2) is 4.57. The third kappa shape index (κ3) is 4.25. The maximum Gasteiger partial charge on any atom is 0.154 e. The first-order valence-electron chi connectivity index (χ1n) is 5.11. The molecule has 84 valence electrons. The summed E-state index contributed by atoms with van der Waals surface area (Å²) in [6.45, 7) is 6.53. The van der Waals surface area contributed by atoms with Gasteiger partial charge in [-0.05, 0) is 20.8 Å². The predicted octanol–water partition coefficient (Wildman–Crippen LogP) is 0.920. The van der Waals surface area contributed by atoms with Crippen molar-refractivity contribution in [2.24, 2.45) is 7.05 Å². The molecule has 0 aromatic carbocycles. The summed E-state index contributed by atoms with van der Waals surface area (Å²) in [4.78, 5) is 15.7. The number of carbonyl (C=O) groups excluding carboxylic acids is 1. The highest BCUT2D eigenvalue weighted by atomic mass is 16.1. The standard InChI is InChI=1S/C11H19N3O/c1-11(2,3)13-8-9(15)7-10-12-5-6-14(10)4/h5-6,13H,7-8H2,1-4H3. The lowest BCUT2D eigenvalue weighted by Gasteiger charge is -2.19. The molecule has 4 heteroatoms. The van der Waals surface area contributed by atoms with E-state index in [9.17, 15) is 4.79 Å². The summed E-state index contributed by atoms with van der Waals surface area (Å²) in [5.41, 5.74) is -0.0166. The van der Waals surface area contributed by atoms with E-state index >= 15 is 0 Å². The van der Waals surface area contributed by atoms with Gasteiger partial charge in [-0.15, -0.1) is 0 Å². The molecule has 0 atom stereocenters. The van der Waals surface area contributed by atoms with Crippen LogP contribution >= 0.6 is 0 Å². The monoisotopic (exact) mass is 209 g/mol. The first-order valence-corrected chi connectivity index (χ1v) is 5.11. The Kier molecular flexibility index (Phi) is 3.63. The largest absolute Gasteiger partial charge is 0.338 e. The zero-order valence-corrected chi connectivity index (χ0v) is 9.87. The van der Waals surface area contributed by atoms with Gasteiger partial charge in [-0.3, -0.25) is 4.79 Å². The van der Waals surface area contributed by atoms with Gasteiger partial charge in [-0.1, -0.05) is 0 Å². The van der Waals surface area contributed by atoms with E-state index in [1.807, 2.05) is 38.6 Å². The van der Waals surface area contributed by atoms with Gasteiger partial charge < -0.3 is 9.88 Å². The summed E-state index contributed by atoms with van der Waals surface area (Å²) in [7, 11) is 1.90. The van der Waals surface area contributed by atoms with Crippen molar-refractivity contribution in [1.82, 2.24) is 14.9 Å². The zero-order valence-electron chi connectivity index (χ0n) is 9.87. The molecule has 1 rings (SSSR count). The van der Waals surface area contributed by atoms with Gasteiger partial charge in [0.05, 0.1) is 13.0 Å². The van der Waals surface area contributed by atoms with E-state index in [0.717, 1.165) is 5.82 Å². The molecule has 0 aliphatic carbocycles. The number of aromatic nitrogens is 2. The van der Waals surface area contributed by atoms with Crippen LogP contribution in [0.2, 0.25) is 0 Å². The summed E-state index contributed by atoms with van der Waals surface area (Å²) in [6, 6.07) is 0. The number of Topliss-reactive ketones (excluding diaryl/α,β-unsaturated/α-hetero) is 1. The van der Waals surface area contributed by atoms with Crippen LogP contribution in [0.5, 0.6) is 0 Å². The van der Waals surface area contributed by atoms with E-state index in [1.54, 1.807) is 6.20 Å². The molecule has 1 heterocycles. The van der Waals surface area contributed by atoms with Crippen molar-refractivity contribution in [2.45, 2.75) is 32.7 Å². The maximum absolute atomic E-state index is 11.6. The summed E-state index contributed by atoms with van der Waals surface area (Å²) in [5, 5.41) is 3.17. The van der Waals surface area contributed by atoms with Crippen LogP contribution in [0.4, 0.5) is 0 Å². The van der Waals surface area contributed by atoms with Crippen LogP contribution in [0.15, 0.2) is 12.4 Å². The normalized spacial score (nSPS) is 11.7. The third-order valence-corrected chi connectivity index (χ3v) is 2.09. The summed E-state index contributed by atoms with van der Waals surface area (Å²) in [5.74, 6) is 0.981. The fourth-order valence-electron chi connectivity index (χ4n) is 1.17. The quantitative estimate of drug-likeness (QED) is 0.802. The van der Waals surface area contributed by atoms with Crippen molar-refractivity contribution in [3.63, 3.8) is 0 Å². The molecule has 0 saturated heterocycles. The molecule has 0 saturated carbocycles. The Morgan fingerprint density at radius 3 is 2.67 bits per heavy atom. The van der Waals surface area contributed by atoms with E-state index in [0.29, 0.717) is 13.0 Å². The highest BCUT2D eigenvalue weighted by Crippen LogP contribution is 1.99. The molecule has 0 aliphatic rings. The molecule has 1 N–H and O–H groups in total. The molecule has 0 bridgehead atoms. The Bertz CT molecular complexity index is 336. The first-order chi connectivity index (χ1) is 6.88. The van der Waals surface area contributed by atoms with E-state index in [4.69, 9.17) is 0 Å². The first kappa shape index (κ1) is 11.9. The molecule has 0 radical (unpaired) electrons. The maximum atomic E-state index is 11.6. The highest BCUT2D eigenvalue weighted by molar-refractivity contribution is 5.82. The molecule has 0 fully saturated rings. The van der Waals surface area contributed by atoms with Crippen molar-refractivity contribution < 1.29 is 4.79 Å². The predicted molar refractivity (Wildman–Crippen MR) is 59.7 cm³/mol. The molecular weight excluding hydrogens is 190 g/mol. The van der Waals surface area contributed by atoms with Crippen LogP contribution < -0.4 is 5.32 Å². The number of nitrogens with zero attached hydrogens (tertiary/aromatic N) is 2. The van der Waals surface area contributed by atoms with E-state index in [2.05, 4.69) is 10.3 Å². The Hall–Kier alpha value is -1.16. The number of aryl methyl sites for hydroxylation is 1. The van der Waals surface area contributed by atoms with Crippen molar-refractivity contribution in [2.75, 3.05) is 6.54 Å². The Balaban J connectivity index is 2.41. The Morgan fingerprint density at radius 1 is 1.53 bits per heavy atom. The minimum atomic E-state index is -0.0166. The Morgan fingerprint density at radius 2 is 2.20 bits per heavy atom. The second-order valence-electron chi connectivity index (χ2n) is 4.77. The average molecular weight is 209 g/mol. The number of carbonyl (C=O) groups is 1. The molecule has 0 spiro atoms. The SMILES string of the molecule is Cn1ccnc1CC(=O)CNC(C)(C)C. The van der Waals surface area contributed by atoms with Crippen LogP contribution in [0.25, 0.3) is 0 Å². The lowest BCUT2D eigenvalue weighted by atomic mass is 10.1. The van der Waals surface area contributed by atoms with Crippen LogP contribution in [-0.2, 0) is 18.3 Å². The van der Waals surface area contributed by atoms with Gasteiger partial charge in [0.15, 0.2) is 5.78 Å². The minimum absolute atomic E-state index is 0.0166. The summed E-state index contributed by atoms with van der Waals surface area (Å²) in [6.07, 6.45) is 3.95. The van der Waals surface area contributed by atoms with Crippen molar-refractivity contribution in [1.29, 1.82) is 0 Å². The van der Waals surface area contributed by atoms with Gasteiger partial charge in [0, 0.05) is 25.0 Å². The molecule has 1 aromatic heterocycles. The van der Waals surface area contributed by atoms with E-state index in [1.165, 1.54) is 0 Å². The third-order valence-electron chi connectivity index (χ3n) is 2.09. The van der Waals surface area contributed by atoms with Crippen molar-refractivity contribution in [3.05, 3.63) is 18.2 Å². The number of rotatable bonds is 4. The number of nitrogens with one attached hydrogen (secondary N) is 1. The fourth-order valence-corrected chi connectivity index (χ4v) is 1.17. The van der Waals surface area contributed by atoms with Crippen molar-refractivity contribution >= 4 is 5.78 Å². The molecular formula is C11H19N3O. The fraction of sp³-hybridized carbons (Fsp3) is 0.636. The van der Waals surface area contributed by atoms with Crippen LogP contribution in [0.3, 0.4) is 0 Å². The average Bonchev–Trinajstić information content (AvgIpc) is 2.47. The van der Waals surface area contributed by atoms with Gasteiger partial charge in [-0.25, -0.2) is 4.98 Å². The number of ketones is 1. The van der Waals surface area contributed by atoms with Gasteiger partial charge in [-0.2, -0.15) is 0 Å². The van der Waals surface area contributed by atoms with E-state index < -0.39 is 0 Å². The van der Waals surface area contributed by atoms with Crippen LogP contribution in [-0.4, -0.2) is 27.4 Å². The molecule has 1 aromatic rings. The summed E-state index contributed by atoms with van der Waals surface area (Å²) >= 11 is 0. The number of hydrogen-bond acceptors (Lipinski definition) is 3. The van der Waals surface area contributed by atoms with Gasteiger partial charge >= 0.3 is 0 Å². The zero-order chi connectivity index (χ0) is 11.5. The topological polar surface area (TPSA) is 46.9 Å². The molecule has 0 aliphatic heterocycles. The van der Waals surface area contributed by atoms with Gasteiger partial charge in [0.2, 0.25) is 0 Å². The molecule has 4 nitrogen and oxygen atoms in total. The van der Waals surface area contributed by atoms with Crippen molar-refractivity contribution in [3.8, 4) is 0 Å². The molecule has 15 heavy (non-hydrogen) atoms. The summed E-state index contributed by atoms with van der Waals surface area (Å²) < 4.78 is 1.87. The molecule has 0 amide bonds. The Labute approximate surface area is 90.7 Å². The van der Waals surface area contributed by atoms with Gasteiger partial charge in [0.1, 0.15) is 5.82 Å². The smallest absolute Gasteiger partial charge is 0.154 e. The number of imidazole rings is 1. The molecule has 0 unspecified atom stereocenters. The minimum Gasteiger partial charge on any atom is -0.338 e. The lowest BCUT2D eigenvalue weighted by molar-refractivity contribution is -0.118. The number of hydrogen-bond donors (Lipinski definition) is 1. The highest BCUT2D eigenvalue weighted by Gasteiger charge is 2.12. The second-order valence-corrected chi connectivity index (χ2v) is 4.77.